The minimum Gasteiger partial charge on any atom is -0.372 e. The van der Waals surface area contributed by atoms with Crippen molar-refractivity contribution in [2.75, 3.05) is 5.32 Å². The van der Waals surface area contributed by atoms with E-state index in [0.29, 0.717) is 0 Å². The zero-order chi connectivity index (χ0) is 14.7. The number of nitrogens with zero attached hydrogens (tertiary/aromatic N) is 2. The number of thiazole rings is 1. The molecule has 8 heteroatoms. The molecule has 0 bridgehead atoms. The molecule has 0 fully saturated rings. The molecule has 0 unspecified atom stereocenters. The Kier molecular flexibility index (Phi) is 4.23. The summed E-state index contributed by atoms with van der Waals surface area (Å²) in [7, 11) is 0. The van der Waals surface area contributed by atoms with Gasteiger partial charge in [-0.3, -0.25) is 10.1 Å². The van der Waals surface area contributed by atoms with E-state index in [-0.39, 0.29) is 6.54 Å². The lowest BCUT2D eigenvalue weighted by Gasteiger charge is -2.07. The van der Waals surface area contributed by atoms with Crippen molar-refractivity contribution in [3.05, 3.63) is 50.0 Å². The number of benzene rings is 1. The molecule has 2 rings (SSSR count). The van der Waals surface area contributed by atoms with Gasteiger partial charge in [-0.05, 0) is 12.5 Å². The van der Waals surface area contributed by atoms with Crippen LogP contribution in [0.4, 0.5) is 20.2 Å². The third-order valence-electron chi connectivity index (χ3n) is 2.61. The predicted octanol–water partition coefficient (Wildman–Crippen LogP) is 3.50. The average Bonchev–Trinajstić information content (AvgIpc) is 2.88. The molecule has 0 radical (unpaired) electrons. The van der Waals surface area contributed by atoms with E-state index < -0.39 is 27.9 Å². The Bertz CT molecular complexity index is 646. The summed E-state index contributed by atoms with van der Waals surface area (Å²) in [6.45, 7) is 2.10. The number of anilines is 1. The summed E-state index contributed by atoms with van der Waals surface area (Å²) in [6.07, 6.45) is 2.39. The van der Waals surface area contributed by atoms with E-state index in [0.717, 1.165) is 28.4 Å². The number of nitrogens with one attached hydrogen (secondary N) is 1. The molecule has 0 atom stereocenters. The summed E-state index contributed by atoms with van der Waals surface area (Å²) in [5.41, 5.74) is -0.939. The van der Waals surface area contributed by atoms with Crippen molar-refractivity contribution in [1.82, 2.24) is 4.98 Å². The average molecular weight is 299 g/mol. The van der Waals surface area contributed by atoms with Gasteiger partial charge in [0, 0.05) is 17.1 Å². The van der Waals surface area contributed by atoms with Gasteiger partial charge in [0.2, 0.25) is 0 Å². The molecule has 5 nitrogen and oxygen atoms in total. The van der Waals surface area contributed by atoms with Gasteiger partial charge in [0.25, 0.3) is 5.69 Å². The Morgan fingerprint density at radius 3 is 2.80 bits per heavy atom. The summed E-state index contributed by atoms with van der Waals surface area (Å²) >= 11 is 1.42. The quantitative estimate of drug-likeness (QED) is 0.677. The standard InChI is InChI=1S/C12H11F2N3O2S/c1-2-10-15-5-7(20-10)6-16-12-9(17(18)19)4-3-8(13)11(12)14/h3-5,16H,2,6H2,1H3. The molecule has 0 saturated carbocycles. The van der Waals surface area contributed by atoms with Gasteiger partial charge in [-0.25, -0.2) is 13.8 Å². The van der Waals surface area contributed by atoms with E-state index in [9.17, 15) is 18.9 Å². The summed E-state index contributed by atoms with van der Waals surface area (Å²) in [5.74, 6) is -2.38. The fourth-order valence-electron chi connectivity index (χ4n) is 1.63. The number of hydrogen-bond donors (Lipinski definition) is 1. The highest BCUT2D eigenvalue weighted by Crippen LogP contribution is 2.29. The van der Waals surface area contributed by atoms with Crippen molar-refractivity contribution in [3.63, 3.8) is 0 Å². The minimum atomic E-state index is -1.25. The van der Waals surface area contributed by atoms with Crippen LogP contribution in [0, 0.1) is 21.7 Å². The van der Waals surface area contributed by atoms with Gasteiger partial charge < -0.3 is 5.32 Å². The van der Waals surface area contributed by atoms with Crippen LogP contribution in [-0.2, 0) is 13.0 Å². The predicted molar refractivity (Wildman–Crippen MR) is 71.8 cm³/mol. The number of halogens is 2. The Hall–Kier alpha value is -2.09. The van der Waals surface area contributed by atoms with Crippen molar-refractivity contribution in [1.29, 1.82) is 0 Å². The van der Waals surface area contributed by atoms with E-state index >= 15 is 0 Å². The fourth-order valence-corrected chi connectivity index (χ4v) is 2.43. The molecule has 1 aromatic carbocycles. The zero-order valence-corrected chi connectivity index (χ0v) is 11.3. The SMILES string of the molecule is CCc1ncc(CNc2c([N+](=O)[O-])ccc(F)c2F)s1. The Morgan fingerprint density at radius 2 is 2.20 bits per heavy atom. The van der Waals surface area contributed by atoms with Crippen molar-refractivity contribution in [3.8, 4) is 0 Å². The molecular formula is C12H11F2N3O2S. The summed E-state index contributed by atoms with van der Waals surface area (Å²) < 4.78 is 26.8. The third kappa shape index (κ3) is 2.90. The van der Waals surface area contributed by atoms with E-state index in [4.69, 9.17) is 0 Å². The molecule has 0 spiro atoms. The van der Waals surface area contributed by atoms with Gasteiger partial charge in [-0.2, -0.15) is 0 Å². The molecule has 1 heterocycles. The second-order valence-corrected chi connectivity index (χ2v) is 5.14. The first-order valence-electron chi connectivity index (χ1n) is 5.82. The van der Waals surface area contributed by atoms with Crippen LogP contribution in [0.15, 0.2) is 18.3 Å². The van der Waals surface area contributed by atoms with Gasteiger partial charge >= 0.3 is 0 Å². The van der Waals surface area contributed by atoms with Crippen molar-refractivity contribution in [2.24, 2.45) is 0 Å². The van der Waals surface area contributed by atoms with Crippen molar-refractivity contribution in [2.45, 2.75) is 19.9 Å². The summed E-state index contributed by atoms with van der Waals surface area (Å²) in [5, 5.41) is 14.3. The van der Waals surface area contributed by atoms with Gasteiger partial charge in [0.05, 0.1) is 16.5 Å². The second kappa shape index (κ2) is 5.91. The highest BCUT2D eigenvalue weighted by molar-refractivity contribution is 7.11. The molecule has 0 amide bonds. The highest BCUT2D eigenvalue weighted by Gasteiger charge is 2.21. The van der Waals surface area contributed by atoms with Crippen LogP contribution < -0.4 is 5.32 Å². The number of rotatable bonds is 5. The van der Waals surface area contributed by atoms with Crippen LogP contribution in [0.25, 0.3) is 0 Å². The van der Waals surface area contributed by atoms with E-state index in [2.05, 4.69) is 10.3 Å². The Morgan fingerprint density at radius 1 is 1.45 bits per heavy atom. The number of hydrogen-bond acceptors (Lipinski definition) is 5. The Balaban J connectivity index is 2.23. The molecule has 0 aliphatic heterocycles. The molecule has 106 valence electrons. The van der Waals surface area contributed by atoms with Crippen LogP contribution in [0.1, 0.15) is 16.8 Å². The maximum Gasteiger partial charge on any atom is 0.295 e. The monoisotopic (exact) mass is 299 g/mol. The first kappa shape index (κ1) is 14.3. The maximum absolute atomic E-state index is 13.6. The molecular weight excluding hydrogens is 288 g/mol. The van der Waals surface area contributed by atoms with Crippen molar-refractivity contribution < 1.29 is 13.7 Å². The largest absolute Gasteiger partial charge is 0.372 e. The lowest BCUT2D eigenvalue weighted by Crippen LogP contribution is -2.05. The maximum atomic E-state index is 13.6. The molecule has 0 aliphatic rings. The fraction of sp³-hybridized carbons (Fsp3) is 0.250. The van der Waals surface area contributed by atoms with Crippen molar-refractivity contribution >= 4 is 22.7 Å². The smallest absolute Gasteiger partial charge is 0.295 e. The molecule has 0 saturated heterocycles. The number of nitro groups is 1. The topological polar surface area (TPSA) is 68.1 Å². The first-order valence-corrected chi connectivity index (χ1v) is 6.64. The van der Waals surface area contributed by atoms with Gasteiger partial charge in [-0.1, -0.05) is 6.92 Å². The first-order chi connectivity index (χ1) is 9.52. The van der Waals surface area contributed by atoms with Gasteiger partial charge in [-0.15, -0.1) is 11.3 Å². The molecule has 2 aromatic rings. The molecule has 1 N–H and O–H groups in total. The summed E-state index contributed by atoms with van der Waals surface area (Å²) in [4.78, 5) is 15.0. The Labute approximate surface area is 117 Å². The lowest BCUT2D eigenvalue weighted by atomic mass is 10.2. The van der Waals surface area contributed by atoms with E-state index in [1.54, 1.807) is 6.20 Å². The van der Waals surface area contributed by atoms with E-state index in [1.807, 2.05) is 6.92 Å². The van der Waals surface area contributed by atoms with Crippen LogP contribution in [0.5, 0.6) is 0 Å². The minimum absolute atomic E-state index is 0.152. The normalized spacial score (nSPS) is 10.6. The third-order valence-corrected chi connectivity index (χ3v) is 3.75. The van der Waals surface area contributed by atoms with Crippen LogP contribution >= 0.6 is 11.3 Å². The summed E-state index contributed by atoms with van der Waals surface area (Å²) in [6, 6.07) is 1.67. The zero-order valence-electron chi connectivity index (χ0n) is 10.5. The van der Waals surface area contributed by atoms with Crippen LogP contribution in [0.2, 0.25) is 0 Å². The van der Waals surface area contributed by atoms with Crippen LogP contribution in [-0.4, -0.2) is 9.91 Å². The molecule has 1 aromatic heterocycles. The number of nitro benzene ring substituents is 1. The van der Waals surface area contributed by atoms with Gasteiger partial charge in [0.15, 0.2) is 17.3 Å². The van der Waals surface area contributed by atoms with E-state index in [1.165, 1.54) is 11.3 Å². The lowest BCUT2D eigenvalue weighted by molar-refractivity contribution is -0.384. The molecule has 0 aliphatic carbocycles. The molecule has 20 heavy (non-hydrogen) atoms. The number of aromatic nitrogens is 1. The van der Waals surface area contributed by atoms with Crippen LogP contribution in [0.3, 0.4) is 0 Å². The van der Waals surface area contributed by atoms with Gasteiger partial charge in [0.1, 0.15) is 0 Å². The second-order valence-electron chi connectivity index (χ2n) is 3.94. The highest BCUT2D eigenvalue weighted by atomic mass is 32.1. The number of aryl methyl sites for hydroxylation is 1.